The van der Waals surface area contributed by atoms with Gasteiger partial charge in [-0.25, -0.2) is 0 Å². The van der Waals surface area contributed by atoms with Crippen LogP contribution in [0.3, 0.4) is 0 Å². The maximum Gasteiger partial charge on any atom is 0.309 e. The second-order valence-electron chi connectivity index (χ2n) is 9.95. The van der Waals surface area contributed by atoms with Gasteiger partial charge in [0.1, 0.15) is 5.75 Å². The number of aliphatic carboxylic acids is 1. The molecule has 0 aromatic heterocycles. The van der Waals surface area contributed by atoms with Crippen LogP contribution in [0.2, 0.25) is 0 Å². The van der Waals surface area contributed by atoms with E-state index in [2.05, 4.69) is 11.8 Å². The Kier molecular flexibility index (Phi) is 8.02. The van der Waals surface area contributed by atoms with Gasteiger partial charge in [-0.3, -0.25) is 14.5 Å². The molecule has 0 saturated carbocycles. The molecule has 204 valence electrons. The Balaban J connectivity index is 1.45. The lowest BCUT2D eigenvalue weighted by Gasteiger charge is -2.30. The van der Waals surface area contributed by atoms with E-state index in [9.17, 15) is 14.7 Å². The van der Waals surface area contributed by atoms with Crippen LogP contribution in [0.4, 0.5) is 0 Å². The van der Waals surface area contributed by atoms with Crippen LogP contribution >= 0.6 is 0 Å². The third-order valence-electron chi connectivity index (χ3n) is 7.62. The molecule has 2 aliphatic heterocycles. The highest BCUT2D eigenvalue weighted by atomic mass is 16.7. The predicted molar refractivity (Wildman–Crippen MR) is 146 cm³/mol. The number of carboxylic acids is 1. The highest BCUT2D eigenvalue weighted by Gasteiger charge is 2.47. The zero-order valence-electron chi connectivity index (χ0n) is 22.3. The van der Waals surface area contributed by atoms with Crippen molar-refractivity contribution in [3.8, 4) is 17.2 Å². The van der Waals surface area contributed by atoms with Gasteiger partial charge in [-0.05, 0) is 53.9 Å². The Morgan fingerprint density at radius 1 is 0.974 bits per heavy atom. The minimum absolute atomic E-state index is 0.0141. The van der Waals surface area contributed by atoms with Crippen LogP contribution in [0.5, 0.6) is 17.2 Å². The quantitative estimate of drug-likeness (QED) is 0.402. The minimum Gasteiger partial charge on any atom is -0.497 e. The molecule has 39 heavy (non-hydrogen) atoms. The number of ether oxygens (including phenoxy) is 3. The van der Waals surface area contributed by atoms with Gasteiger partial charge in [-0.1, -0.05) is 43.3 Å². The highest BCUT2D eigenvalue weighted by molar-refractivity contribution is 5.94. The van der Waals surface area contributed by atoms with Crippen molar-refractivity contribution >= 4 is 11.9 Å². The normalized spacial score (nSPS) is 20.1. The summed E-state index contributed by atoms with van der Waals surface area (Å²) in [7, 11) is 1.61. The average Bonchev–Trinajstić information content (AvgIpc) is 3.60. The molecule has 0 unspecified atom stereocenters. The van der Waals surface area contributed by atoms with E-state index in [0.717, 1.165) is 17.5 Å². The van der Waals surface area contributed by atoms with Crippen LogP contribution in [-0.2, 0) is 4.79 Å². The van der Waals surface area contributed by atoms with Crippen LogP contribution in [0.1, 0.15) is 46.8 Å². The molecule has 0 bridgehead atoms. The predicted octanol–water partition coefficient (Wildman–Crippen LogP) is 4.82. The Bertz CT molecular complexity index is 1300. The summed E-state index contributed by atoms with van der Waals surface area (Å²) >= 11 is 0. The number of benzene rings is 3. The fourth-order valence-corrected chi connectivity index (χ4v) is 5.74. The van der Waals surface area contributed by atoms with Crippen LogP contribution < -0.4 is 14.2 Å². The summed E-state index contributed by atoms with van der Waals surface area (Å²) < 4.78 is 16.4. The topological polar surface area (TPSA) is 88.5 Å². The van der Waals surface area contributed by atoms with Gasteiger partial charge < -0.3 is 24.2 Å². The number of hydrogen-bond acceptors (Lipinski definition) is 6. The maximum atomic E-state index is 13.3. The van der Waals surface area contributed by atoms with Crippen molar-refractivity contribution in [2.24, 2.45) is 5.92 Å². The summed E-state index contributed by atoms with van der Waals surface area (Å²) in [6.07, 6.45) is 0.831. The molecule has 8 heteroatoms. The van der Waals surface area contributed by atoms with E-state index in [1.807, 2.05) is 77.7 Å². The van der Waals surface area contributed by atoms with Crippen molar-refractivity contribution in [1.29, 1.82) is 0 Å². The first-order valence-corrected chi connectivity index (χ1v) is 13.3. The van der Waals surface area contributed by atoms with Crippen molar-refractivity contribution in [2.45, 2.75) is 25.3 Å². The zero-order chi connectivity index (χ0) is 27.4. The fourth-order valence-electron chi connectivity index (χ4n) is 5.74. The molecular formula is C31H34N2O6. The van der Waals surface area contributed by atoms with E-state index in [0.29, 0.717) is 49.0 Å². The number of fused-ring (bicyclic) bond motifs is 1. The lowest BCUT2D eigenvalue weighted by Crippen LogP contribution is -2.39. The number of nitrogens with zero attached hydrogens (tertiary/aromatic N) is 2. The Labute approximate surface area is 228 Å². The lowest BCUT2D eigenvalue weighted by molar-refractivity contribution is -0.143. The largest absolute Gasteiger partial charge is 0.497 e. The molecule has 2 heterocycles. The van der Waals surface area contributed by atoms with Gasteiger partial charge in [-0.2, -0.15) is 0 Å². The Morgan fingerprint density at radius 2 is 1.69 bits per heavy atom. The molecule has 0 radical (unpaired) electrons. The van der Waals surface area contributed by atoms with Gasteiger partial charge in [0.15, 0.2) is 11.5 Å². The molecule has 3 aromatic carbocycles. The van der Waals surface area contributed by atoms with E-state index in [-0.39, 0.29) is 24.7 Å². The zero-order valence-corrected chi connectivity index (χ0v) is 22.3. The molecule has 0 aliphatic carbocycles. The SMILES string of the molecule is CCCN(CCN1C[C@H](c2ccc3c(c2)OCO3)[C@H](C(=O)O)[C@H]1c1ccc(OC)cc1)C(=O)c1ccccc1. The van der Waals surface area contributed by atoms with E-state index < -0.39 is 11.9 Å². The lowest BCUT2D eigenvalue weighted by atomic mass is 9.82. The highest BCUT2D eigenvalue weighted by Crippen LogP contribution is 2.47. The van der Waals surface area contributed by atoms with Gasteiger partial charge in [-0.15, -0.1) is 0 Å². The van der Waals surface area contributed by atoms with Gasteiger partial charge in [0.05, 0.1) is 13.0 Å². The van der Waals surface area contributed by atoms with Crippen molar-refractivity contribution in [1.82, 2.24) is 9.80 Å². The first-order chi connectivity index (χ1) is 19.0. The molecule has 1 saturated heterocycles. The number of methoxy groups -OCH3 is 1. The summed E-state index contributed by atoms with van der Waals surface area (Å²) in [5, 5.41) is 10.5. The molecule has 1 amide bonds. The smallest absolute Gasteiger partial charge is 0.309 e. The van der Waals surface area contributed by atoms with Crippen LogP contribution in [-0.4, -0.2) is 66.9 Å². The van der Waals surface area contributed by atoms with Crippen molar-refractivity contribution in [2.75, 3.05) is 40.1 Å². The van der Waals surface area contributed by atoms with Crippen LogP contribution in [0, 0.1) is 5.92 Å². The number of carbonyl (C=O) groups excluding carboxylic acids is 1. The molecular weight excluding hydrogens is 496 g/mol. The van der Waals surface area contributed by atoms with E-state index >= 15 is 0 Å². The summed E-state index contributed by atoms with van der Waals surface area (Å²) in [6.45, 7) is 4.41. The van der Waals surface area contributed by atoms with Crippen molar-refractivity contribution < 1.29 is 28.9 Å². The maximum absolute atomic E-state index is 13.3. The standard InChI is InChI=1S/C31H34N2O6/c1-3-15-32(30(34)22-7-5-4-6-8-22)16-17-33-19-25(23-11-14-26-27(18-23)39-20-38-26)28(31(35)36)29(33)21-9-12-24(37-2)13-10-21/h4-14,18,25,28-29H,3,15-17,19-20H2,1-2H3,(H,35,36)/t25-,28+,29-/m1/s1. The molecule has 1 fully saturated rings. The summed E-state index contributed by atoms with van der Waals surface area (Å²) in [6, 6.07) is 22.2. The second-order valence-corrected chi connectivity index (χ2v) is 9.95. The van der Waals surface area contributed by atoms with E-state index in [4.69, 9.17) is 14.2 Å². The number of carboxylic acid groups (broad SMARTS) is 1. The Morgan fingerprint density at radius 3 is 2.38 bits per heavy atom. The Hall–Kier alpha value is -4.04. The van der Waals surface area contributed by atoms with Gasteiger partial charge in [0.2, 0.25) is 6.79 Å². The summed E-state index contributed by atoms with van der Waals surface area (Å²) in [4.78, 5) is 30.2. The van der Waals surface area contributed by atoms with Crippen LogP contribution in [0.25, 0.3) is 0 Å². The van der Waals surface area contributed by atoms with Crippen molar-refractivity contribution in [3.63, 3.8) is 0 Å². The van der Waals surface area contributed by atoms with Gasteiger partial charge in [0, 0.05) is 43.7 Å². The molecule has 3 atom stereocenters. The molecule has 5 rings (SSSR count). The third-order valence-corrected chi connectivity index (χ3v) is 7.62. The molecule has 2 aliphatic rings. The van der Waals surface area contributed by atoms with Gasteiger partial charge in [0.25, 0.3) is 5.91 Å². The van der Waals surface area contributed by atoms with Gasteiger partial charge >= 0.3 is 5.97 Å². The number of hydrogen-bond donors (Lipinski definition) is 1. The first kappa shape index (κ1) is 26.6. The molecule has 1 N–H and O–H groups in total. The number of amides is 1. The molecule has 0 spiro atoms. The first-order valence-electron chi connectivity index (χ1n) is 13.3. The molecule has 8 nitrogen and oxygen atoms in total. The second kappa shape index (κ2) is 11.8. The average molecular weight is 531 g/mol. The fraction of sp³-hybridized carbons (Fsp3) is 0.355. The third kappa shape index (κ3) is 5.56. The summed E-state index contributed by atoms with van der Waals surface area (Å²) in [5.41, 5.74) is 2.46. The monoisotopic (exact) mass is 530 g/mol. The number of rotatable bonds is 10. The summed E-state index contributed by atoms with van der Waals surface area (Å²) in [5.74, 6) is 0.189. The molecule has 3 aromatic rings. The van der Waals surface area contributed by atoms with E-state index in [1.165, 1.54) is 0 Å². The minimum atomic E-state index is -0.855. The number of carbonyl (C=O) groups is 2. The van der Waals surface area contributed by atoms with Crippen LogP contribution in [0.15, 0.2) is 72.8 Å². The number of likely N-dealkylation sites (tertiary alicyclic amines) is 1. The van der Waals surface area contributed by atoms with E-state index in [1.54, 1.807) is 7.11 Å². The van der Waals surface area contributed by atoms with Crippen molar-refractivity contribution in [3.05, 3.63) is 89.5 Å².